The van der Waals surface area contributed by atoms with Gasteiger partial charge in [-0.1, -0.05) is 36.1 Å². The van der Waals surface area contributed by atoms with Gasteiger partial charge in [0, 0.05) is 14.5 Å². The molecule has 0 saturated heterocycles. The number of anilines is 1. The summed E-state index contributed by atoms with van der Waals surface area (Å²) < 4.78 is 2.05. The molecule has 2 aromatic rings. The van der Waals surface area contributed by atoms with Crippen LogP contribution < -0.4 is 5.32 Å². The minimum Gasteiger partial charge on any atom is -0.372 e. The Morgan fingerprint density at radius 2 is 1.56 bits per heavy atom. The molecule has 0 aliphatic rings. The van der Waals surface area contributed by atoms with Crippen LogP contribution in [0.15, 0.2) is 57.5 Å². The van der Waals surface area contributed by atoms with Gasteiger partial charge in [0.15, 0.2) is 0 Å². The molecule has 0 atom stereocenters. The van der Waals surface area contributed by atoms with Gasteiger partial charge >= 0.3 is 0 Å². The number of nitrogens with one attached hydrogen (secondary N) is 1. The van der Waals surface area contributed by atoms with Crippen LogP contribution in [0.25, 0.3) is 0 Å². The zero-order valence-corrected chi connectivity index (χ0v) is 12.8. The van der Waals surface area contributed by atoms with E-state index in [4.69, 9.17) is 0 Å². The molecular formula is C15H11Br2N. The first-order valence-electron chi connectivity index (χ1n) is 5.49. The highest BCUT2D eigenvalue weighted by molar-refractivity contribution is 9.11. The Bertz CT molecular complexity index is 562. The van der Waals surface area contributed by atoms with E-state index in [0.717, 1.165) is 20.2 Å². The third kappa shape index (κ3) is 3.63. The minimum absolute atomic E-state index is 0.607. The molecule has 0 amide bonds. The predicted octanol–water partition coefficient (Wildman–Crippen LogP) is 4.68. The van der Waals surface area contributed by atoms with Crippen LogP contribution in [0.3, 0.4) is 0 Å². The summed E-state index contributed by atoms with van der Waals surface area (Å²) in [6.07, 6.45) is 0. The molecule has 2 aromatic carbocycles. The molecule has 1 N–H and O–H groups in total. The minimum atomic E-state index is 0.607. The summed E-state index contributed by atoms with van der Waals surface area (Å²) in [7, 11) is 0. The first-order chi connectivity index (χ1) is 8.77. The van der Waals surface area contributed by atoms with Crippen LogP contribution in [0, 0.1) is 11.8 Å². The van der Waals surface area contributed by atoms with Crippen LogP contribution in [0.1, 0.15) is 5.56 Å². The molecule has 0 unspecified atom stereocenters. The van der Waals surface area contributed by atoms with Gasteiger partial charge in [-0.15, -0.1) is 0 Å². The lowest BCUT2D eigenvalue weighted by atomic mass is 10.2. The second-order valence-corrected chi connectivity index (χ2v) is 5.33. The van der Waals surface area contributed by atoms with Crippen molar-refractivity contribution >= 4 is 37.5 Å². The van der Waals surface area contributed by atoms with Crippen molar-refractivity contribution in [2.24, 2.45) is 0 Å². The second kappa shape index (κ2) is 6.63. The van der Waals surface area contributed by atoms with E-state index in [-0.39, 0.29) is 0 Å². The third-order valence-electron chi connectivity index (χ3n) is 2.32. The fourth-order valence-corrected chi connectivity index (χ4v) is 2.75. The molecule has 0 radical (unpaired) electrons. The Labute approximate surface area is 124 Å². The fourth-order valence-electron chi connectivity index (χ4n) is 1.47. The van der Waals surface area contributed by atoms with Crippen molar-refractivity contribution in [3.8, 4) is 11.8 Å². The lowest BCUT2D eigenvalue weighted by Crippen LogP contribution is -2.00. The van der Waals surface area contributed by atoms with E-state index in [1.807, 2.05) is 48.5 Å². The Morgan fingerprint density at radius 1 is 0.889 bits per heavy atom. The molecule has 2 rings (SSSR count). The van der Waals surface area contributed by atoms with Gasteiger partial charge in [-0.25, -0.2) is 0 Å². The van der Waals surface area contributed by atoms with Gasteiger partial charge in [0.05, 0.1) is 12.2 Å². The number of rotatable bonds is 2. The Kier molecular flexibility index (Phi) is 4.86. The average Bonchev–Trinajstić information content (AvgIpc) is 2.38. The van der Waals surface area contributed by atoms with Crippen LogP contribution in [0.5, 0.6) is 0 Å². The number of hydrogen-bond acceptors (Lipinski definition) is 1. The molecule has 0 aliphatic carbocycles. The summed E-state index contributed by atoms with van der Waals surface area (Å²) in [5.41, 5.74) is 2.06. The summed E-state index contributed by atoms with van der Waals surface area (Å²) >= 11 is 7.01. The summed E-state index contributed by atoms with van der Waals surface area (Å²) in [5, 5.41) is 3.28. The Morgan fingerprint density at radius 3 is 2.22 bits per heavy atom. The molecule has 0 heterocycles. The maximum atomic E-state index is 3.50. The molecule has 0 saturated carbocycles. The lowest BCUT2D eigenvalue weighted by Gasteiger charge is -2.07. The molecule has 0 aromatic heterocycles. The molecule has 3 heteroatoms. The van der Waals surface area contributed by atoms with Gasteiger partial charge in [0.2, 0.25) is 0 Å². The summed E-state index contributed by atoms with van der Waals surface area (Å²) in [5.74, 6) is 6.21. The van der Waals surface area contributed by atoms with Crippen molar-refractivity contribution in [2.45, 2.75) is 0 Å². The van der Waals surface area contributed by atoms with Gasteiger partial charge in [0.1, 0.15) is 0 Å². The SMILES string of the molecule is Brc1cccc(Br)c1NCC#Cc1ccccc1. The van der Waals surface area contributed by atoms with Crippen molar-refractivity contribution in [1.29, 1.82) is 0 Å². The number of para-hydroxylation sites is 1. The van der Waals surface area contributed by atoms with Crippen molar-refractivity contribution in [2.75, 3.05) is 11.9 Å². The summed E-state index contributed by atoms with van der Waals surface area (Å²) in [6, 6.07) is 15.9. The third-order valence-corrected chi connectivity index (χ3v) is 3.64. The Hall–Kier alpha value is -1.24. The van der Waals surface area contributed by atoms with Gasteiger partial charge in [0.25, 0.3) is 0 Å². The van der Waals surface area contributed by atoms with Crippen molar-refractivity contribution in [3.63, 3.8) is 0 Å². The molecular weight excluding hydrogens is 354 g/mol. The van der Waals surface area contributed by atoms with Crippen molar-refractivity contribution in [1.82, 2.24) is 0 Å². The molecule has 0 bridgehead atoms. The standard InChI is InChI=1S/C15H11Br2N/c16-13-9-4-10-14(17)15(13)18-11-5-8-12-6-2-1-3-7-12/h1-4,6-7,9-10,18H,11H2. The molecule has 90 valence electrons. The molecule has 0 fully saturated rings. The van der Waals surface area contributed by atoms with Crippen molar-refractivity contribution < 1.29 is 0 Å². The zero-order valence-electron chi connectivity index (χ0n) is 9.58. The normalized spacial score (nSPS) is 9.44. The maximum absolute atomic E-state index is 3.50. The highest BCUT2D eigenvalue weighted by atomic mass is 79.9. The second-order valence-electron chi connectivity index (χ2n) is 3.62. The van der Waals surface area contributed by atoms with Crippen LogP contribution in [0.4, 0.5) is 5.69 Å². The maximum Gasteiger partial charge on any atom is 0.0770 e. The predicted molar refractivity (Wildman–Crippen MR) is 83.7 cm³/mol. The summed E-state index contributed by atoms with van der Waals surface area (Å²) in [6.45, 7) is 0.607. The zero-order chi connectivity index (χ0) is 12.8. The van der Waals surface area contributed by atoms with E-state index in [1.165, 1.54) is 0 Å². The lowest BCUT2D eigenvalue weighted by molar-refractivity contribution is 1.35. The first kappa shape index (κ1) is 13.2. The monoisotopic (exact) mass is 363 g/mol. The van der Waals surface area contributed by atoms with E-state index < -0.39 is 0 Å². The molecule has 0 spiro atoms. The van der Waals surface area contributed by atoms with Crippen LogP contribution in [-0.4, -0.2) is 6.54 Å². The van der Waals surface area contributed by atoms with Gasteiger partial charge in [-0.05, 0) is 56.1 Å². The van der Waals surface area contributed by atoms with Gasteiger partial charge in [-0.2, -0.15) is 0 Å². The van der Waals surface area contributed by atoms with E-state index in [9.17, 15) is 0 Å². The van der Waals surface area contributed by atoms with Gasteiger partial charge in [-0.3, -0.25) is 0 Å². The molecule has 18 heavy (non-hydrogen) atoms. The largest absolute Gasteiger partial charge is 0.372 e. The Balaban J connectivity index is 1.99. The number of hydrogen-bond donors (Lipinski definition) is 1. The highest BCUT2D eigenvalue weighted by Gasteiger charge is 2.01. The van der Waals surface area contributed by atoms with Gasteiger partial charge < -0.3 is 5.32 Å². The molecule has 0 aliphatic heterocycles. The van der Waals surface area contributed by atoms with E-state index in [2.05, 4.69) is 49.0 Å². The molecule has 1 nitrogen and oxygen atoms in total. The van der Waals surface area contributed by atoms with Crippen LogP contribution in [-0.2, 0) is 0 Å². The topological polar surface area (TPSA) is 12.0 Å². The van der Waals surface area contributed by atoms with E-state index >= 15 is 0 Å². The number of halogens is 2. The van der Waals surface area contributed by atoms with Crippen molar-refractivity contribution in [3.05, 3.63) is 63.0 Å². The average molecular weight is 365 g/mol. The smallest absolute Gasteiger partial charge is 0.0770 e. The van der Waals surface area contributed by atoms with E-state index in [1.54, 1.807) is 0 Å². The van der Waals surface area contributed by atoms with Crippen LogP contribution >= 0.6 is 31.9 Å². The summed E-state index contributed by atoms with van der Waals surface area (Å²) in [4.78, 5) is 0. The highest BCUT2D eigenvalue weighted by Crippen LogP contribution is 2.30. The first-order valence-corrected chi connectivity index (χ1v) is 7.08. The number of benzene rings is 2. The quantitative estimate of drug-likeness (QED) is 0.763. The van der Waals surface area contributed by atoms with Crippen LogP contribution in [0.2, 0.25) is 0 Å². The fraction of sp³-hybridized carbons (Fsp3) is 0.0667. The van der Waals surface area contributed by atoms with E-state index in [0.29, 0.717) is 6.54 Å².